The summed E-state index contributed by atoms with van der Waals surface area (Å²) in [5.74, 6) is -0.534. The molecule has 0 bridgehead atoms. The maximum absolute atomic E-state index is 11.3. The van der Waals surface area contributed by atoms with Crippen LogP contribution in [0.15, 0.2) is 42.5 Å². The van der Waals surface area contributed by atoms with Gasteiger partial charge in [0.1, 0.15) is 12.7 Å². The van der Waals surface area contributed by atoms with Crippen LogP contribution in [0.3, 0.4) is 0 Å². The van der Waals surface area contributed by atoms with E-state index in [0.29, 0.717) is 19.8 Å². The standard InChI is InChI=1S/C21H33NO6.C2H6/c1-16(2)20(25)28-13-19(24)12-27-15-21(3,4)14-26-11-18(23)10-22-17-8-6-5-7-9-17;1-2/h5-9,18-19,22-24H,1,10-15H2,2-4H3;1-2H3. The van der Waals surface area contributed by atoms with Crippen LogP contribution >= 0.6 is 0 Å². The Kier molecular flexibility index (Phi) is 14.8. The van der Waals surface area contributed by atoms with Gasteiger partial charge in [0.25, 0.3) is 0 Å². The van der Waals surface area contributed by atoms with Crippen molar-refractivity contribution in [2.45, 2.75) is 46.8 Å². The summed E-state index contributed by atoms with van der Waals surface area (Å²) in [5.41, 5.74) is 0.941. The largest absolute Gasteiger partial charge is 0.460 e. The lowest BCUT2D eigenvalue weighted by Gasteiger charge is -2.25. The van der Waals surface area contributed by atoms with E-state index in [2.05, 4.69) is 11.9 Å². The molecule has 0 aliphatic heterocycles. The molecule has 7 heteroatoms. The summed E-state index contributed by atoms with van der Waals surface area (Å²) in [4.78, 5) is 11.3. The molecular weight excluding hydrogens is 386 g/mol. The molecule has 0 spiro atoms. The Hall–Kier alpha value is -1.93. The van der Waals surface area contributed by atoms with Crippen LogP contribution in [0, 0.1) is 5.41 Å². The number of anilines is 1. The maximum Gasteiger partial charge on any atom is 0.333 e. The third-order valence-corrected chi connectivity index (χ3v) is 3.68. The molecule has 0 heterocycles. The van der Waals surface area contributed by atoms with Crippen LogP contribution < -0.4 is 5.32 Å². The van der Waals surface area contributed by atoms with Crippen molar-refractivity contribution in [3.8, 4) is 0 Å². The molecule has 0 aromatic heterocycles. The average molecular weight is 426 g/mol. The molecule has 0 saturated carbocycles. The van der Waals surface area contributed by atoms with Crippen LogP contribution in [0.25, 0.3) is 0 Å². The van der Waals surface area contributed by atoms with Crippen molar-refractivity contribution in [3.05, 3.63) is 42.5 Å². The van der Waals surface area contributed by atoms with E-state index in [9.17, 15) is 15.0 Å². The third-order valence-electron chi connectivity index (χ3n) is 3.68. The summed E-state index contributed by atoms with van der Waals surface area (Å²) in [6, 6.07) is 9.65. The van der Waals surface area contributed by atoms with Crippen molar-refractivity contribution in [1.29, 1.82) is 0 Å². The Labute approximate surface area is 181 Å². The van der Waals surface area contributed by atoms with E-state index in [-0.39, 0.29) is 30.8 Å². The number of nitrogens with one attached hydrogen (secondary N) is 1. The molecule has 3 N–H and O–H groups in total. The first-order valence-electron chi connectivity index (χ1n) is 10.3. The quantitative estimate of drug-likeness (QED) is 0.311. The van der Waals surface area contributed by atoms with E-state index in [0.717, 1.165) is 5.69 Å². The predicted octanol–water partition coefficient (Wildman–Crippen LogP) is 3.03. The van der Waals surface area contributed by atoms with Gasteiger partial charge in [-0.3, -0.25) is 0 Å². The normalized spacial score (nSPS) is 12.9. The molecule has 2 atom stereocenters. The maximum atomic E-state index is 11.3. The second-order valence-corrected chi connectivity index (χ2v) is 7.63. The minimum Gasteiger partial charge on any atom is -0.460 e. The van der Waals surface area contributed by atoms with Crippen LogP contribution in [0.1, 0.15) is 34.6 Å². The number of hydrogen-bond donors (Lipinski definition) is 3. The first-order chi connectivity index (χ1) is 14.2. The van der Waals surface area contributed by atoms with Gasteiger partial charge in [0.15, 0.2) is 0 Å². The lowest BCUT2D eigenvalue weighted by molar-refractivity contribution is -0.143. The van der Waals surface area contributed by atoms with E-state index in [1.54, 1.807) is 6.92 Å². The van der Waals surface area contributed by atoms with Crippen molar-refractivity contribution in [1.82, 2.24) is 0 Å². The fraction of sp³-hybridized carbons (Fsp3) is 0.609. The lowest BCUT2D eigenvalue weighted by atomic mass is 9.96. The molecular formula is C23H39NO6. The highest BCUT2D eigenvalue weighted by atomic mass is 16.5. The third kappa shape index (κ3) is 14.1. The SMILES string of the molecule is C=C(C)C(=O)OCC(O)COCC(C)(C)COCC(O)CNc1ccccc1.CC. The molecule has 2 unspecified atom stereocenters. The van der Waals surface area contributed by atoms with Crippen LogP contribution in [-0.4, -0.2) is 68.0 Å². The molecule has 7 nitrogen and oxygen atoms in total. The van der Waals surface area contributed by atoms with Crippen molar-refractivity contribution < 1.29 is 29.2 Å². The monoisotopic (exact) mass is 425 g/mol. The first-order valence-corrected chi connectivity index (χ1v) is 10.3. The number of carbonyl (C=O) groups is 1. The molecule has 0 saturated heterocycles. The second-order valence-electron chi connectivity index (χ2n) is 7.63. The molecule has 1 aromatic carbocycles. The predicted molar refractivity (Wildman–Crippen MR) is 119 cm³/mol. The van der Waals surface area contributed by atoms with Crippen molar-refractivity contribution in [2.24, 2.45) is 5.41 Å². The summed E-state index contributed by atoms with van der Waals surface area (Å²) in [7, 11) is 0. The van der Waals surface area contributed by atoms with Crippen LogP contribution in [-0.2, 0) is 19.0 Å². The zero-order valence-corrected chi connectivity index (χ0v) is 19.0. The van der Waals surface area contributed by atoms with Gasteiger partial charge in [-0.15, -0.1) is 0 Å². The number of hydrogen-bond acceptors (Lipinski definition) is 7. The Bertz CT molecular complexity index is 591. The molecule has 0 radical (unpaired) electrons. The minimum absolute atomic E-state index is 0.0521. The molecule has 1 rings (SSSR count). The summed E-state index contributed by atoms with van der Waals surface area (Å²) < 4.78 is 16.0. The zero-order valence-electron chi connectivity index (χ0n) is 19.0. The van der Waals surface area contributed by atoms with Gasteiger partial charge < -0.3 is 29.7 Å². The van der Waals surface area contributed by atoms with Gasteiger partial charge in [-0.05, 0) is 19.1 Å². The Morgan fingerprint density at radius 3 is 2.10 bits per heavy atom. The van der Waals surface area contributed by atoms with Gasteiger partial charge in [0.05, 0.1) is 32.5 Å². The topological polar surface area (TPSA) is 97.3 Å². The van der Waals surface area contributed by atoms with Crippen molar-refractivity contribution in [3.63, 3.8) is 0 Å². The fourth-order valence-corrected chi connectivity index (χ4v) is 2.18. The van der Waals surface area contributed by atoms with Gasteiger partial charge in [-0.25, -0.2) is 4.79 Å². The van der Waals surface area contributed by atoms with Gasteiger partial charge in [0.2, 0.25) is 0 Å². The summed E-state index contributed by atoms with van der Waals surface area (Å²) in [6.45, 7) is 14.2. The van der Waals surface area contributed by atoms with Crippen LogP contribution in [0.5, 0.6) is 0 Å². The van der Waals surface area contributed by atoms with Crippen LogP contribution in [0.4, 0.5) is 5.69 Å². The molecule has 0 aliphatic rings. The summed E-state index contributed by atoms with van der Waals surface area (Å²) in [6.07, 6.45) is -1.52. The molecule has 0 fully saturated rings. The number of carbonyl (C=O) groups excluding carboxylic acids is 1. The molecule has 0 aliphatic carbocycles. The number of esters is 1. The number of aliphatic hydroxyl groups is 2. The molecule has 30 heavy (non-hydrogen) atoms. The highest BCUT2D eigenvalue weighted by Gasteiger charge is 2.20. The lowest BCUT2D eigenvalue weighted by Crippen LogP contribution is -2.32. The summed E-state index contributed by atoms with van der Waals surface area (Å²) in [5, 5.41) is 22.9. The fourth-order valence-electron chi connectivity index (χ4n) is 2.18. The number of para-hydroxylation sites is 1. The number of benzene rings is 1. The number of rotatable bonds is 14. The van der Waals surface area contributed by atoms with Gasteiger partial charge in [-0.1, -0.05) is 52.5 Å². The van der Waals surface area contributed by atoms with Crippen molar-refractivity contribution >= 4 is 11.7 Å². The molecule has 172 valence electrons. The average Bonchev–Trinajstić information content (AvgIpc) is 2.72. The van der Waals surface area contributed by atoms with Gasteiger partial charge in [0, 0.05) is 23.2 Å². The Morgan fingerprint density at radius 2 is 1.57 bits per heavy atom. The minimum atomic E-state index is -0.897. The Balaban J connectivity index is 0.00000407. The highest BCUT2D eigenvalue weighted by molar-refractivity contribution is 5.86. The number of ether oxygens (including phenoxy) is 3. The van der Waals surface area contributed by atoms with Gasteiger partial charge >= 0.3 is 5.97 Å². The second kappa shape index (κ2) is 15.8. The van der Waals surface area contributed by atoms with E-state index >= 15 is 0 Å². The Morgan fingerprint density at radius 1 is 1.03 bits per heavy atom. The van der Waals surface area contributed by atoms with E-state index in [4.69, 9.17) is 14.2 Å². The first kappa shape index (κ1) is 28.1. The van der Waals surface area contributed by atoms with Crippen LogP contribution in [0.2, 0.25) is 0 Å². The van der Waals surface area contributed by atoms with Crippen molar-refractivity contribution in [2.75, 3.05) is 44.9 Å². The van der Waals surface area contributed by atoms with Gasteiger partial charge in [-0.2, -0.15) is 0 Å². The smallest absolute Gasteiger partial charge is 0.333 e. The summed E-state index contributed by atoms with van der Waals surface area (Å²) >= 11 is 0. The molecule has 1 aromatic rings. The van der Waals surface area contributed by atoms with E-state index in [1.807, 2.05) is 58.0 Å². The zero-order chi connectivity index (χ0) is 23.0. The van der Waals surface area contributed by atoms with E-state index < -0.39 is 18.2 Å². The highest BCUT2D eigenvalue weighted by Crippen LogP contribution is 2.16. The number of aliphatic hydroxyl groups excluding tert-OH is 2. The molecule has 0 amide bonds. The van der Waals surface area contributed by atoms with E-state index in [1.165, 1.54) is 0 Å².